The Labute approximate surface area is 157 Å². The van der Waals surface area contributed by atoms with Crippen molar-refractivity contribution in [2.45, 2.75) is 18.7 Å². The van der Waals surface area contributed by atoms with Crippen LogP contribution in [-0.4, -0.2) is 17.3 Å². The molecular formula is C22H19NO2S. The second kappa shape index (κ2) is 7.23. The highest BCUT2D eigenvalue weighted by molar-refractivity contribution is 7.98. The largest absolute Gasteiger partial charge is 0.481 e. The molecule has 3 nitrogen and oxygen atoms in total. The molecule has 1 atom stereocenters. The molecule has 0 aromatic heterocycles. The van der Waals surface area contributed by atoms with E-state index in [0.29, 0.717) is 5.56 Å². The van der Waals surface area contributed by atoms with Crippen molar-refractivity contribution < 1.29 is 9.90 Å². The summed E-state index contributed by atoms with van der Waals surface area (Å²) in [5.41, 5.74) is 6.20. The summed E-state index contributed by atoms with van der Waals surface area (Å²) >= 11 is 1.70. The van der Waals surface area contributed by atoms with Gasteiger partial charge in [0.05, 0.1) is 17.6 Å². The van der Waals surface area contributed by atoms with Crippen LogP contribution < -0.4 is 0 Å². The summed E-state index contributed by atoms with van der Waals surface area (Å²) < 4.78 is 0. The minimum absolute atomic E-state index is 0.539. The highest BCUT2D eigenvalue weighted by Crippen LogP contribution is 2.45. The van der Waals surface area contributed by atoms with Gasteiger partial charge in [-0.1, -0.05) is 18.2 Å². The standard InChI is InChI=1S/C22H19NO2S/c1-13-19(10-15-4-7-17(26-3)8-5-15)18-9-6-16(12-23)11-20(18)21(13)14(2)22(24)25/h4-11,14H,1-3H3,(H,24,25)/b19-10-. The van der Waals surface area contributed by atoms with E-state index < -0.39 is 11.9 Å². The topological polar surface area (TPSA) is 61.1 Å². The highest BCUT2D eigenvalue weighted by atomic mass is 32.2. The summed E-state index contributed by atoms with van der Waals surface area (Å²) in [4.78, 5) is 12.8. The number of allylic oxidation sites excluding steroid dienone is 2. The minimum Gasteiger partial charge on any atom is -0.481 e. The van der Waals surface area contributed by atoms with Crippen molar-refractivity contribution in [1.82, 2.24) is 0 Å². The average molecular weight is 361 g/mol. The first kappa shape index (κ1) is 18.0. The number of thioether (sulfide) groups is 1. The van der Waals surface area contributed by atoms with Crippen molar-refractivity contribution in [3.63, 3.8) is 0 Å². The van der Waals surface area contributed by atoms with Gasteiger partial charge in [0.15, 0.2) is 0 Å². The average Bonchev–Trinajstić information content (AvgIpc) is 2.92. The predicted octanol–water partition coefficient (Wildman–Crippen LogP) is 5.33. The number of fused-ring (bicyclic) bond motifs is 1. The lowest BCUT2D eigenvalue weighted by atomic mass is 9.93. The SMILES string of the molecule is CSc1ccc(/C=C2/C(C)=C(C(C)C(=O)O)c3cc(C#N)ccc32)cc1. The number of hydrogen-bond donors (Lipinski definition) is 1. The maximum absolute atomic E-state index is 11.6. The van der Waals surface area contributed by atoms with Gasteiger partial charge in [-0.2, -0.15) is 5.26 Å². The molecule has 0 radical (unpaired) electrons. The number of nitriles is 1. The van der Waals surface area contributed by atoms with Crippen molar-refractivity contribution in [1.29, 1.82) is 5.26 Å². The molecule has 1 aliphatic carbocycles. The lowest BCUT2D eigenvalue weighted by Gasteiger charge is -2.11. The molecule has 0 fully saturated rings. The van der Waals surface area contributed by atoms with Crippen LogP contribution in [0.5, 0.6) is 0 Å². The van der Waals surface area contributed by atoms with Crippen molar-refractivity contribution >= 4 is 35.0 Å². The molecule has 0 amide bonds. The molecule has 130 valence electrons. The number of hydrogen-bond acceptors (Lipinski definition) is 3. The zero-order valence-electron chi connectivity index (χ0n) is 14.9. The number of carbonyl (C=O) groups is 1. The molecular weight excluding hydrogens is 342 g/mol. The molecule has 2 aromatic carbocycles. The number of benzene rings is 2. The summed E-state index contributed by atoms with van der Waals surface area (Å²) in [6.45, 7) is 3.66. The van der Waals surface area contributed by atoms with E-state index in [1.165, 1.54) is 4.90 Å². The fourth-order valence-corrected chi connectivity index (χ4v) is 3.76. The molecule has 2 aromatic rings. The summed E-state index contributed by atoms with van der Waals surface area (Å²) in [6, 6.07) is 15.9. The van der Waals surface area contributed by atoms with Crippen LogP contribution in [0, 0.1) is 17.2 Å². The number of aliphatic carboxylic acids is 1. The number of rotatable bonds is 4. The van der Waals surface area contributed by atoms with E-state index in [9.17, 15) is 15.2 Å². The molecule has 1 unspecified atom stereocenters. The zero-order chi connectivity index (χ0) is 18.8. The van der Waals surface area contributed by atoms with Gasteiger partial charge in [-0.05, 0) is 83.9 Å². The van der Waals surface area contributed by atoms with Gasteiger partial charge in [-0.15, -0.1) is 11.8 Å². The van der Waals surface area contributed by atoms with Crippen LogP contribution >= 0.6 is 11.8 Å². The van der Waals surface area contributed by atoms with Crippen molar-refractivity contribution in [3.8, 4) is 6.07 Å². The van der Waals surface area contributed by atoms with E-state index >= 15 is 0 Å². The van der Waals surface area contributed by atoms with Crippen LogP contribution in [0.4, 0.5) is 0 Å². The molecule has 4 heteroatoms. The molecule has 0 bridgehead atoms. The molecule has 3 rings (SSSR count). The second-order valence-electron chi connectivity index (χ2n) is 6.30. The van der Waals surface area contributed by atoms with Crippen LogP contribution in [0.3, 0.4) is 0 Å². The Kier molecular flexibility index (Phi) is 5.01. The number of carboxylic acid groups (broad SMARTS) is 1. The number of nitrogens with zero attached hydrogens (tertiary/aromatic N) is 1. The van der Waals surface area contributed by atoms with Crippen LogP contribution in [0.1, 0.15) is 36.1 Å². The molecule has 0 spiro atoms. The maximum Gasteiger partial charge on any atom is 0.310 e. The van der Waals surface area contributed by atoms with Gasteiger partial charge in [0.25, 0.3) is 0 Å². The first-order chi connectivity index (χ1) is 12.5. The molecule has 1 N–H and O–H groups in total. The smallest absolute Gasteiger partial charge is 0.310 e. The molecule has 0 saturated heterocycles. The first-order valence-corrected chi connectivity index (χ1v) is 9.53. The van der Waals surface area contributed by atoms with E-state index in [4.69, 9.17) is 0 Å². The van der Waals surface area contributed by atoms with E-state index in [2.05, 4.69) is 36.4 Å². The van der Waals surface area contributed by atoms with E-state index in [1.54, 1.807) is 30.8 Å². The van der Waals surface area contributed by atoms with Gasteiger partial charge >= 0.3 is 5.97 Å². The van der Waals surface area contributed by atoms with Crippen LogP contribution in [0.2, 0.25) is 0 Å². The van der Waals surface area contributed by atoms with Gasteiger partial charge in [-0.3, -0.25) is 4.79 Å². The van der Waals surface area contributed by atoms with E-state index in [0.717, 1.165) is 33.4 Å². The Morgan fingerprint density at radius 1 is 1.19 bits per heavy atom. The van der Waals surface area contributed by atoms with Crippen molar-refractivity contribution in [2.24, 2.45) is 5.92 Å². The van der Waals surface area contributed by atoms with Crippen LogP contribution in [-0.2, 0) is 4.79 Å². The zero-order valence-corrected chi connectivity index (χ0v) is 15.7. The normalized spacial score (nSPS) is 15.7. The monoisotopic (exact) mass is 361 g/mol. The van der Waals surface area contributed by atoms with E-state index in [1.807, 2.05) is 19.2 Å². The third-order valence-electron chi connectivity index (χ3n) is 4.77. The third kappa shape index (κ3) is 3.18. The summed E-state index contributed by atoms with van der Waals surface area (Å²) in [7, 11) is 0. The molecule has 1 aliphatic rings. The summed E-state index contributed by atoms with van der Waals surface area (Å²) in [5, 5.41) is 18.7. The Balaban J connectivity index is 2.18. The Morgan fingerprint density at radius 2 is 1.88 bits per heavy atom. The molecule has 0 aliphatic heterocycles. The fraction of sp³-hybridized carbons (Fsp3) is 0.182. The quantitative estimate of drug-likeness (QED) is 0.748. The first-order valence-electron chi connectivity index (χ1n) is 8.31. The summed E-state index contributed by atoms with van der Waals surface area (Å²) in [5.74, 6) is -1.49. The minimum atomic E-state index is -0.863. The lowest BCUT2D eigenvalue weighted by Crippen LogP contribution is -2.11. The maximum atomic E-state index is 11.6. The third-order valence-corrected chi connectivity index (χ3v) is 5.51. The molecule has 0 heterocycles. The number of carboxylic acids is 1. The molecule has 26 heavy (non-hydrogen) atoms. The highest BCUT2D eigenvalue weighted by Gasteiger charge is 2.30. The van der Waals surface area contributed by atoms with Crippen molar-refractivity contribution in [3.05, 3.63) is 70.3 Å². The van der Waals surface area contributed by atoms with E-state index in [-0.39, 0.29) is 0 Å². The van der Waals surface area contributed by atoms with Gasteiger partial charge in [0, 0.05) is 4.90 Å². The van der Waals surface area contributed by atoms with Crippen LogP contribution in [0.25, 0.3) is 17.2 Å². The molecule has 0 saturated carbocycles. The van der Waals surface area contributed by atoms with Gasteiger partial charge in [-0.25, -0.2) is 0 Å². The van der Waals surface area contributed by atoms with Gasteiger partial charge in [0.2, 0.25) is 0 Å². The Morgan fingerprint density at radius 3 is 2.46 bits per heavy atom. The second-order valence-corrected chi connectivity index (χ2v) is 7.18. The lowest BCUT2D eigenvalue weighted by molar-refractivity contribution is -0.139. The van der Waals surface area contributed by atoms with Gasteiger partial charge in [0.1, 0.15) is 0 Å². The Bertz CT molecular complexity index is 978. The van der Waals surface area contributed by atoms with Crippen LogP contribution in [0.15, 0.2) is 52.9 Å². The summed E-state index contributed by atoms with van der Waals surface area (Å²) in [6.07, 6.45) is 4.13. The van der Waals surface area contributed by atoms with Gasteiger partial charge < -0.3 is 5.11 Å². The van der Waals surface area contributed by atoms with Crippen molar-refractivity contribution in [2.75, 3.05) is 6.26 Å². The Hall–Kier alpha value is -2.77. The fourth-order valence-electron chi connectivity index (χ4n) is 3.35. The predicted molar refractivity (Wildman–Crippen MR) is 107 cm³/mol.